The van der Waals surface area contributed by atoms with Crippen molar-refractivity contribution in [2.45, 2.75) is 26.3 Å². The van der Waals surface area contributed by atoms with Gasteiger partial charge in [-0.15, -0.1) is 0 Å². The number of aliphatic carboxylic acids is 1. The number of carboxylic acid groups (broad SMARTS) is 1. The molecule has 1 aromatic heterocycles. The van der Waals surface area contributed by atoms with Crippen LogP contribution < -0.4 is 0 Å². The molecule has 0 aromatic carbocycles. The predicted octanol–water partition coefficient (Wildman–Crippen LogP) is 1.07. The van der Waals surface area contributed by atoms with Gasteiger partial charge in [0.1, 0.15) is 11.8 Å². The Labute approximate surface area is 118 Å². The second kappa shape index (κ2) is 6.09. The maximum Gasteiger partial charge on any atom is 0.320 e. The molecular weight excluding hydrogens is 260 g/mol. The van der Waals surface area contributed by atoms with Crippen LogP contribution in [0.15, 0.2) is 16.5 Å². The zero-order chi connectivity index (χ0) is 14.7. The minimum absolute atomic E-state index is 0.118. The first-order valence-electron chi connectivity index (χ1n) is 6.87. The fourth-order valence-corrected chi connectivity index (χ4v) is 2.31. The zero-order valence-electron chi connectivity index (χ0n) is 11.8. The molecule has 1 aliphatic rings. The van der Waals surface area contributed by atoms with Gasteiger partial charge in [0.05, 0.1) is 0 Å². The molecule has 0 radical (unpaired) electrons. The first-order valence-corrected chi connectivity index (χ1v) is 6.87. The van der Waals surface area contributed by atoms with Crippen LogP contribution in [-0.2, 0) is 11.2 Å². The molecule has 0 saturated carbocycles. The van der Waals surface area contributed by atoms with Crippen molar-refractivity contribution in [3.05, 3.63) is 23.7 Å². The van der Waals surface area contributed by atoms with Crippen molar-refractivity contribution in [3.63, 3.8) is 0 Å². The fourth-order valence-electron chi connectivity index (χ4n) is 2.31. The molecule has 1 saturated heterocycles. The number of piperazine rings is 1. The molecule has 1 aromatic rings. The SMILES string of the molecule is CCc1ccc(C(=O)N2CCN(C(C)C(=O)O)CC2)o1. The molecule has 110 valence electrons. The van der Waals surface area contributed by atoms with Crippen LogP contribution in [0.5, 0.6) is 0 Å². The Morgan fingerprint density at radius 3 is 2.45 bits per heavy atom. The van der Waals surface area contributed by atoms with E-state index >= 15 is 0 Å². The topological polar surface area (TPSA) is 74.0 Å². The van der Waals surface area contributed by atoms with E-state index in [2.05, 4.69) is 0 Å². The molecule has 1 aliphatic heterocycles. The van der Waals surface area contributed by atoms with E-state index in [1.54, 1.807) is 17.9 Å². The molecule has 0 aliphatic carbocycles. The van der Waals surface area contributed by atoms with Crippen molar-refractivity contribution in [2.24, 2.45) is 0 Å². The van der Waals surface area contributed by atoms with Crippen molar-refractivity contribution in [3.8, 4) is 0 Å². The number of hydrogen-bond acceptors (Lipinski definition) is 4. The highest BCUT2D eigenvalue weighted by Gasteiger charge is 2.28. The van der Waals surface area contributed by atoms with Crippen LogP contribution in [0.1, 0.15) is 30.2 Å². The minimum Gasteiger partial charge on any atom is -0.480 e. The molecule has 1 atom stereocenters. The average Bonchev–Trinajstić information content (AvgIpc) is 2.94. The van der Waals surface area contributed by atoms with E-state index < -0.39 is 12.0 Å². The van der Waals surface area contributed by atoms with Crippen LogP contribution in [0.25, 0.3) is 0 Å². The normalized spacial score (nSPS) is 18.0. The van der Waals surface area contributed by atoms with E-state index in [0.717, 1.165) is 12.2 Å². The largest absolute Gasteiger partial charge is 0.480 e. The standard InChI is InChI=1S/C14H20N2O4/c1-3-11-4-5-12(20-11)13(17)16-8-6-15(7-9-16)10(2)14(18)19/h4-5,10H,3,6-9H2,1-2H3,(H,18,19). The average molecular weight is 280 g/mol. The summed E-state index contributed by atoms with van der Waals surface area (Å²) >= 11 is 0. The Hall–Kier alpha value is -1.82. The van der Waals surface area contributed by atoms with Crippen LogP contribution >= 0.6 is 0 Å². The van der Waals surface area contributed by atoms with E-state index in [0.29, 0.717) is 31.9 Å². The van der Waals surface area contributed by atoms with Crippen LogP contribution in [0.4, 0.5) is 0 Å². The molecular formula is C14H20N2O4. The Balaban J connectivity index is 1.93. The number of carbonyl (C=O) groups excluding carboxylic acids is 1. The number of nitrogens with zero attached hydrogens (tertiary/aromatic N) is 2. The maximum absolute atomic E-state index is 12.2. The van der Waals surface area contributed by atoms with Crippen LogP contribution in [0.2, 0.25) is 0 Å². The van der Waals surface area contributed by atoms with Gasteiger partial charge in [0, 0.05) is 32.6 Å². The summed E-state index contributed by atoms with van der Waals surface area (Å²) in [6.07, 6.45) is 0.761. The maximum atomic E-state index is 12.2. The molecule has 2 heterocycles. The molecule has 1 amide bonds. The molecule has 0 spiro atoms. The molecule has 2 rings (SSSR count). The van der Waals surface area contributed by atoms with Crippen LogP contribution in [0.3, 0.4) is 0 Å². The van der Waals surface area contributed by atoms with E-state index in [1.165, 1.54) is 0 Å². The summed E-state index contributed by atoms with van der Waals surface area (Å²) in [6, 6.07) is 3.01. The Kier molecular flexibility index (Phi) is 4.44. The van der Waals surface area contributed by atoms with Gasteiger partial charge in [0.15, 0.2) is 5.76 Å². The van der Waals surface area contributed by atoms with Gasteiger partial charge < -0.3 is 14.4 Å². The lowest BCUT2D eigenvalue weighted by Crippen LogP contribution is -2.53. The first-order chi connectivity index (χ1) is 9.52. The molecule has 1 fully saturated rings. The smallest absolute Gasteiger partial charge is 0.320 e. The lowest BCUT2D eigenvalue weighted by molar-refractivity contribution is -0.143. The third-order valence-corrected chi connectivity index (χ3v) is 3.73. The highest BCUT2D eigenvalue weighted by Crippen LogP contribution is 2.14. The third-order valence-electron chi connectivity index (χ3n) is 3.73. The molecule has 1 N–H and O–H groups in total. The van der Waals surface area contributed by atoms with Gasteiger partial charge in [-0.1, -0.05) is 6.92 Å². The molecule has 1 unspecified atom stereocenters. The Morgan fingerprint density at radius 1 is 1.30 bits per heavy atom. The summed E-state index contributed by atoms with van der Waals surface area (Å²) in [4.78, 5) is 26.7. The summed E-state index contributed by atoms with van der Waals surface area (Å²) in [5.74, 6) is 0.212. The number of furan rings is 1. The van der Waals surface area contributed by atoms with Gasteiger partial charge >= 0.3 is 5.97 Å². The lowest BCUT2D eigenvalue weighted by Gasteiger charge is -2.36. The van der Waals surface area contributed by atoms with E-state index in [1.807, 2.05) is 17.9 Å². The summed E-state index contributed by atoms with van der Waals surface area (Å²) in [5, 5.41) is 8.98. The second-order valence-corrected chi connectivity index (χ2v) is 4.96. The van der Waals surface area contributed by atoms with E-state index in [4.69, 9.17) is 9.52 Å². The number of amides is 1. The quantitative estimate of drug-likeness (QED) is 0.893. The van der Waals surface area contributed by atoms with Gasteiger partial charge in [-0.2, -0.15) is 0 Å². The van der Waals surface area contributed by atoms with Gasteiger partial charge in [0.2, 0.25) is 0 Å². The number of carbonyl (C=O) groups is 2. The monoisotopic (exact) mass is 280 g/mol. The van der Waals surface area contributed by atoms with Crippen molar-refractivity contribution < 1.29 is 19.1 Å². The van der Waals surface area contributed by atoms with Crippen molar-refractivity contribution >= 4 is 11.9 Å². The number of rotatable bonds is 4. The van der Waals surface area contributed by atoms with Crippen molar-refractivity contribution in [1.82, 2.24) is 9.80 Å². The predicted molar refractivity (Wildman–Crippen MR) is 72.7 cm³/mol. The lowest BCUT2D eigenvalue weighted by atomic mass is 10.2. The summed E-state index contributed by atoms with van der Waals surface area (Å²) in [6.45, 7) is 5.83. The number of aryl methyl sites for hydroxylation is 1. The fraction of sp³-hybridized carbons (Fsp3) is 0.571. The second-order valence-electron chi connectivity index (χ2n) is 4.96. The van der Waals surface area contributed by atoms with Gasteiger partial charge in [-0.05, 0) is 19.1 Å². The van der Waals surface area contributed by atoms with E-state index in [9.17, 15) is 9.59 Å². The van der Waals surface area contributed by atoms with Gasteiger partial charge in [0.25, 0.3) is 5.91 Å². The van der Waals surface area contributed by atoms with E-state index in [-0.39, 0.29) is 5.91 Å². The van der Waals surface area contributed by atoms with Crippen LogP contribution in [0, 0.1) is 0 Å². The summed E-state index contributed by atoms with van der Waals surface area (Å²) in [7, 11) is 0. The molecule has 6 nitrogen and oxygen atoms in total. The van der Waals surface area contributed by atoms with Gasteiger partial charge in [-0.3, -0.25) is 14.5 Å². The van der Waals surface area contributed by atoms with Crippen molar-refractivity contribution in [1.29, 1.82) is 0 Å². The Morgan fingerprint density at radius 2 is 1.95 bits per heavy atom. The molecule has 20 heavy (non-hydrogen) atoms. The van der Waals surface area contributed by atoms with Crippen molar-refractivity contribution in [2.75, 3.05) is 26.2 Å². The first kappa shape index (κ1) is 14.6. The minimum atomic E-state index is -0.830. The highest BCUT2D eigenvalue weighted by molar-refractivity contribution is 5.91. The summed E-state index contributed by atoms with van der Waals surface area (Å²) < 4.78 is 5.46. The third kappa shape index (κ3) is 3.01. The highest BCUT2D eigenvalue weighted by atomic mass is 16.4. The zero-order valence-corrected chi connectivity index (χ0v) is 11.8. The number of carboxylic acids is 1. The summed E-state index contributed by atoms with van der Waals surface area (Å²) in [5.41, 5.74) is 0. The number of hydrogen-bond donors (Lipinski definition) is 1. The Bertz CT molecular complexity index is 489. The molecule has 6 heteroatoms. The van der Waals surface area contributed by atoms with Gasteiger partial charge in [-0.25, -0.2) is 0 Å². The molecule has 0 bridgehead atoms. The van der Waals surface area contributed by atoms with Crippen LogP contribution in [-0.4, -0.2) is 59.0 Å².